The van der Waals surface area contributed by atoms with Crippen LogP contribution in [0, 0.1) is 5.53 Å². The molecule has 0 aliphatic rings. The molecular weight excluding hydrogens is 700 g/mol. The minimum absolute atomic E-state index is 0.0273. The fraction of sp³-hybridized carbons (Fsp3) is 0.606. The van der Waals surface area contributed by atoms with Gasteiger partial charge in [-0.3, -0.25) is 19.2 Å². The third-order valence-electron chi connectivity index (χ3n) is 7.87. The molecule has 0 aliphatic carbocycles. The van der Waals surface area contributed by atoms with Gasteiger partial charge in [0.15, 0.2) is 5.82 Å². The lowest BCUT2D eigenvalue weighted by Gasteiger charge is -2.18. The number of amides is 5. The number of carboxylic acids is 4. The van der Waals surface area contributed by atoms with Crippen LogP contribution in [-0.4, -0.2) is 104 Å². The predicted molar refractivity (Wildman–Crippen MR) is 185 cm³/mol. The van der Waals surface area contributed by atoms with Crippen molar-refractivity contribution in [3.8, 4) is 0 Å². The SMILES string of the molecule is N=Nc1ccc(C(=O)N[C@@H](CCCCNC(=O)CCCCCCCC(=O)NCCCC[C@H](NC(=O)N[C@@H](CCC(=O)O)C(=O)O)C(=O)O)C(=O)O)cn1. The quantitative estimate of drug-likeness (QED) is 0.0416. The van der Waals surface area contributed by atoms with Crippen LogP contribution in [0.2, 0.25) is 0 Å². The summed E-state index contributed by atoms with van der Waals surface area (Å²) in [6.07, 6.45) is 6.76. The van der Waals surface area contributed by atoms with Crippen LogP contribution in [0.5, 0.6) is 0 Å². The molecular formula is C33H50N8O12. The third kappa shape index (κ3) is 21.3. The van der Waals surface area contributed by atoms with Gasteiger partial charge in [-0.15, -0.1) is 5.11 Å². The molecule has 3 atom stereocenters. The van der Waals surface area contributed by atoms with Crippen LogP contribution in [-0.2, 0) is 28.8 Å². The minimum atomic E-state index is -1.49. The number of aliphatic carboxylic acids is 4. The van der Waals surface area contributed by atoms with E-state index in [1.165, 1.54) is 18.3 Å². The zero-order chi connectivity index (χ0) is 39.6. The van der Waals surface area contributed by atoms with Gasteiger partial charge in [0, 0.05) is 38.5 Å². The summed E-state index contributed by atoms with van der Waals surface area (Å²) < 4.78 is 0. The number of carbonyl (C=O) groups excluding carboxylic acids is 4. The van der Waals surface area contributed by atoms with Crippen LogP contribution in [0.3, 0.4) is 0 Å². The van der Waals surface area contributed by atoms with Crippen molar-refractivity contribution in [1.82, 2.24) is 31.6 Å². The summed E-state index contributed by atoms with van der Waals surface area (Å²) >= 11 is 0. The van der Waals surface area contributed by atoms with Crippen molar-refractivity contribution >= 4 is 53.4 Å². The Kier molecular flexibility index (Phi) is 22.4. The summed E-state index contributed by atoms with van der Waals surface area (Å²) in [7, 11) is 0. The van der Waals surface area contributed by atoms with Crippen LogP contribution in [0.1, 0.15) is 107 Å². The largest absolute Gasteiger partial charge is 0.481 e. The molecule has 20 nitrogen and oxygen atoms in total. The van der Waals surface area contributed by atoms with Gasteiger partial charge in [0.25, 0.3) is 5.91 Å². The number of hydrogen-bond donors (Lipinski definition) is 10. The van der Waals surface area contributed by atoms with E-state index in [4.69, 9.17) is 15.7 Å². The highest BCUT2D eigenvalue weighted by Crippen LogP contribution is 2.10. The molecule has 1 heterocycles. The molecule has 5 amide bonds. The lowest BCUT2D eigenvalue weighted by atomic mass is 10.1. The Morgan fingerprint density at radius 2 is 1.08 bits per heavy atom. The summed E-state index contributed by atoms with van der Waals surface area (Å²) in [6, 6.07) is -2.19. The van der Waals surface area contributed by atoms with Gasteiger partial charge >= 0.3 is 29.9 Å². The second kappa shape index (κ2) is 26.1. The van der Waals surface area contributed by atoms with Crippen LogP contribution >= 0.6 is 0 Å². The lowest BCUT2D eigenvalue weighted by molar-refractivity contribution is -0.141. The number of carbonyl (C=O) groups is 8. The lowest BCUT2D eigenvalue weighted by Crippen LogP contribution is -2.51. The first-order valence-corrected chi connectivity index (χ1v) is 17.4. The fourth-order valence-corrected chi connectivity index (χ4v) is 4.91. The summed E-state index contributed by atoms with van der Waals surface area (Å²) in [4.78, 5) is 97.3. The van der Waals surface area contributed by atoms with Crippen molar-refractivity contribution < 1.29 is 58.8 Å². The van der Waals surface area contributed by atoms with Crippen LogP contribution in [0.15, 0.2) is 23.4 Å². The molecule has 53 heavy (non-hydrogen) atoms. The maximum absolute atomic E-state index is 12.3. The number of carboxylic acid groups (broad SMARTS) is 4. The normalized spacial score (nSPS) is 12.3. The van der Waals surface area contributed by atoms with E-state index in [0.29, 0.717) is 64.5 Å². The van der Waals surface area contributed by atoms with Gasteiger partial charge in [0.05, 0.1) is 5.56 Å². The average Bonchev–Trinajstić information content (AvgIpc) is 3.11. The zero-order valence-electron chi connectivity index (χ0n) is 29.4. The van der Waals surface area contributed by atoms with E-state index >= 15 is 0 Å². The van der Waals surface area contributed by atoms with E-state index in [2.05, 4.69) is 36.7 Å². The molecule has 1 aromatic rings. The Hall–Kier alpha value is -5.69. The van der Waals surface area contributed by atoms with E-state index in [1.54, 1.807) is 0 Å². The number of rotatable bonds is 29. The van der Waals surface area contributed by atoms with Crippen LogP contribution in [0.25, 0.3) is 0 Å². The molecule has 10 N–H and O–H groups in total. The van der Waals surface area contributed by atoms with E-state index < -0.39 is 60.4 Å². The van der Waals surface area contributed by atoms with E-state index in [-0.39, 0.29) is 42.5 Å². The van der Waals surface area contributed by atoms with Gasteiger partial charge in [-0.1, -0.05) is 19.3 Å². The van der Waals surface area contributed by atoms with Gasteiger partial charge in [0.1, 0.15) is 18.1 Å². The summed E-state index contributed by atoms with van der Waals surface area (Å²) in [6.45, 7) is 0.676. The maximum atomic E-state index is 12.3. The number of hydrogen-bond acceptors (Lipinski definition) is 11. The highest BCUT2D eigenvalue weighted by molar-refractivity contribution is 5.96. The van der Waals surface area contributed by atoms with Crippen LogP contribution < -0.4 is 26.6 Å². The molecule has 0 unspecified atom stereocenters. The molecule has 0 fully saturated rings. The molecule has 0 spiro atoms. The number of aromatic nitrogens is 1. The standard InChI is InChI=1S/C33H50N8O12/c34-41-25-16-14-21(20-37-25)29(46)38-22(30(47)48)10-6-8-18-35-26(42)12-4-2-1-3-5-13-27(43)36-19-9-7-11-23(31(49)50)39-33(53)40-24(32(51)52)15-17-28(44)45/h14,16,20,22-24,34H,1-13,15,17-19H2,(H,35,42)(H,36,43)(H,38,46)(H,44,45)(H,47,48)(H,49,50)(H,51,52)(H2,39,40,53)/t22-,23-,24-/m0/s1. The van der Waals surface area contributed by atoms with Gasteiger partial charge in [-0.2, -0.15) is 0 Å². The van der Waals surface area contributed by atoms with Crippen molar-refractivity contribution in [3.63, 3.8) is 0 Å². The molecule has 0 radical (unpaired) electrons. The molecule has 0 bridgehead atoms. The average molecular weight is 751 g/mol. The Morgan fingerprint density at radius 1 is 0.604 bits per heavy atom. The second-order valence-corrected chi connectivity index (χ2v) is 12.2. The number of unbranched alkanes of at least 4 members (excludes halogenated alkanes) is 6. The van der Waals surface area contributed by atoms with Crippen molar-refractivity contribution in [2.24, 2.45) is 5.11 Å². The van der Waals surface area contributed by atoms with Crippen molar-refractivity contribution in [3.05, 3.63) is 23.9 Å². The molecule has 0 aromatic carbocycles. The van der Waals surface area contributed by atoms with E-state index in [9.17, 15) is 48.6 Å². The fourth-order valence-electron chi connectivity index (χ4n) is 4.91. The Balaban J connectivity index is 2.11. The molecule has 0 saturated carbocycles. The van der Waals surface area contributed by atoms with Crippen molar-refractivity contribution in [2.75, 3.05) is 13.1 Å². The monoisotopic (exact) mass is 750 g/mol. The number of pyridine rings is 1. The second-order valence-electron chi connectivity index (χ2n) is 12.2. The highest BCUT2D eigenvalue weighted by atomic mass is 16.4. The smallest absolute Gasteiger partial charge is 0.326 e. The Bertz CT molecular complexity index is 1390. The van der Waals surface area contributed by atoms with E-state index in [0.717, 1.165) is 19.3 Å². The third-order valence-corrected chi connectivity index (χ3v) is 7.87. The first kappa shape index (κ1) is 45.3. The summed E-state index contributed by atoms with van der Waals surface area (Å²) in [5, 5.41) is 52.0. The first-order chi connectivity index (χ1) is 25.2. The van der Waals surface area contributed by atoms with Crippen molar-refractivity contribution in [2.45, 2.75) is 114 Å². The Labute approximate surface area is 305 Å². The van der Waals surface area contributed by atoms with Crippen molar-refractivity contribution in [1.29, 1.82) is 5.53 Å². The van der Waals surface area contributed by atoms with Gasteiger partial charge < -0.3 is 47.0 Å². The molecule has 294 valence electrons. The number of urea groups is 1. The molecule has 0 saturated heterocycles. The first-order valence-electron chi connectivity index (χ1n) is 17.4. The van der Waals surface area contributed by atoms with Crippen LogP contribution in [0.4, 0.5) is 10.6 Å². The van der Waals surface area contributed by atoms with Gasteiger partial charge in [0.2, 0.25) is 11.8 Å². The minimum Gasteiger partial charge on any atom is -0.481 e. The number of nitrogens with one attached hydrogen (secondary N) is 6. The topological polar surface area (TPSA) is 327 Å². The van der Waals surface area contributed by atoms with Gasteiger partial charge in [-0.05, 0) is 69.9 Å². The number of nitrogens with zero attached hydrogens (tertiary/aromatic N) is 2. The molecule has 0 aliphatic heterocycles. The highest BCUT2D eigenvalue weighted by Gasteiger charge is 2.25. The Morgan fingerprint density at radius 3 is 1.51 bits per heavy atom. The zero-order valence-corrected chi connectivity index (χ0v) is 29.4. The molecule has 1 rings (SSSR count). The maximum Gasteiger partial charge on any atom is 0.326 e. The summed E-state index contributed by atoms with van der Waals surface area (Å²) in [5.41, 5.74) is 7.04. The summed E-state index contributed by atoms with van der Waals surface area (Å²) in [5.74, 6) is -5.95. The molecule has 20 heteroatoms. The molecule has 1 aromatic heterocycles. The van der Waals surface area contributed by atoms with E-state index in [1.807, 2.05) is 0 Å². The van der Waals surface area contributed by atoms with Gasteiger partial charge in [-0.25, -0.2) is 29.7 Å². The predicted octanol–water partition coefficient (Wildman–Crippen LogP) is 2.30.